The van der Waals surface area contributed by atoms with Crippen LogP contribution in [0.15, 0.2) is 0 Å². The van der Waals surface area contributed by atoms with Gasteiger partial charge in [-0.15, -0.1) is 0 Å². The van der Waals surface area contributed by atoms with E-state index in [9.17, 15) is 4.79 Å². The maximum atomic E-state index is 11.5. The number of hydrogen-bond donors (Lipinski definition) is 1. The van der Waals surface area contributed by atoms with Crippen LogP contribution in [0, 0.1) is 0 Å². The molecule has 2 heterocycles. The predicted molar refractivity (Wildman–Crippen MR) is 51.5 cm³/mol. The fourth-order valence-electron chi connectivity index (χ4n) is 2.32. The molecule has 3 heteroatoms. The predicted octanol–water partition coefficient (Wildman–Crippen LogP) is 0.751. The number of carbonyl (C=O) groups is 1. The van der Waals surface area contributed by atoms with Gasteiger partial charge in [0.1, 0.15) is 0 Å². The highest BCUT2D eigenvalue weighted by Gasteiger charge is 2.27. The van der Waals surface area contributed by atoms with E-state index in [0.29, 0.717) is 11.9 Å². The number of likely N-dealkylation sites (tertiary alicyclic amines) is 1. The van der Waals surface area contributed by atoms with E-state index in [1.165, 1.54) is 19.3 Å². The van der Waals surface area contributed by atoms with Crippen molar-refractivity contribution in [3.8, 4) is 0 Å². The van der Waals surface area contributed by atoms with Crippen LogP contribution in [0.3, 0.4) is 0 Å². The molecule has 0 aromatic rings. The van der Waals surface area contributed by atoms with E-state index < -0.39 is 0 Å². The first-order valence-corrected chi connectivity index (χ1v) is 5.38. The molecule has 13 heavy (non-hydrogen) atoms. The molecule has 2 rings (SSSR count). The van der Waals surface area contributed by atoms with Gasteiger partial charge in [0.2, 0.25) is 5.91 Å². The molecule has 2 aliphatic rings. The molecule has 2 fully saturated rings. The lowest BCUT2D eigenvalue weighted by Crippen LogP contribution is -2.41. The molecular formula is C10H18N2O. The molecule has 0 saturated carbocycles. The van der Waals surface area contributed by atoms with Crippen LogP contribution in [0.5, 0.6) is 0 Å². The topological polar surface area (TPSA) is 32.3 Å². The van der Waals surface area contributed by atoms with Gasteiger partial charge in [-0.1, -0.05) is 6.42 Å². The Morgan fingerprint density at radius 1 is 1.31 bits per heavy atom. The van der Waals surface area contributed by atoms with Crippen molar-refractivity contribution in [2.45, 2.75) is 38.1 Å². The van der Waals surface area contributed by atoms with Gasteiger partial charge >= 0.3 is 0 Å². The Balaban J connectivity index is 1.93. The summed E-state index contributed by atoms with van der Waals surface area (Å²) in [6.07, 6.45) is 5.56. The number of carbonyl (C=O) groups excluding carboxylic acids is 1. The van der Waals surface area contributed by atoms with E-state index in [2.05, 4.69) is 10.2 Å². The van der Waals surface area contributed by atoms with Crippen LogP contribution in [0.4, 0.5) is 0 Å². The van der Waals surface area contributed by atoms with Crippen LogP contribution in [-0.4, -0.2) is 36.5 Å². The second-order valence-corrected chi connectivity index (χ2v) is 4.04. The highest BCUT2D eigenvalue weighted by molar-refractivity contribution is 5.78. The Bertz CT molecular complexity index is 185. The summed E-state index contributed by atoms with van der Waals surface area (Å²) in [7, 11) is 0. The van der Waals surface area contributed by atoms with Crippen LogP contribution in [-0.2, 0) is 4.79 Å². The molecular weight excluding hydrogens is 164 g/mol. The van der Waals surface area contributed by atoms with Crippen LogP contribution in [0.1, 0.15) is 32.1 Å². The second kappa shape index (κ2) is 4.09. The SMILES string of the molecule is O=C1CCCN1C1CCCCNC1. The molecule has 1 amide bonds. The highest BCUT2D eigenvalue weighted by Crippen LogP contribution is 2.18. The van der Waals surface area contributed by atoms with Gasteiger partial charge in [0.15, 0.2) is 0 Å². The van der Waals surface area contributed by atoms with Gasteiger partial charge < -0.3 is 10.2 Å². The summed E-state index contributed by atoms with van der Waals surface area (Å²) < 4.78 is 0. The first kappa shape index (κ1) is 9.00. The zero-order valence-electron chi connectivity index (χ0n) is 8.09. The summed E-state index contributed by atoms with van der Waals surface area (Å²) >= 11 is 0. The Labute approximate surface area is 79.5 Å². The summed E-state index contributed by atoms with van der Waals surface area (Å²) in [6, 6.07) is 0.484. The average Bonchev–Trinajstić information content (AvgIpc) is 2.43. The molecule has 3 nitrogen and oxygen atoms in total. The maximum absolute atomic E-state index is 11.5. The van der Waals surface area contributed by atoms with Gasteiger partial charge in [0.25, 0.3) is 0 Å². The summed E-state index contributed by atoms with van der Waals surface area (Å²) in [5.41, 5.74) is 0. The number of amides is 1. The van der Waals surface area contributed by atoms with Gasteiger partial charge in [-0.3, -0.25) is 4.79 Å². The summed E-state index contributed by atoms with van der Waals surface area (Å²) in [6.45, 7) is 3.12. The van der Waals surface area contributed by atoms with Crippen molar-refractivity contribution < 1.29 is 4.79 Å². The quantitative estimate of drug-likeness (QED) is 0.649. The van der Waals surface area contributed by atoms with Crippen molar-refractivity contribution in [3.05, 3.63) is 0 Å². The Morgan fingerprint density at radius 3 is 3.00 bits per heavy atom. The molecule has 0 spiro atoms. The van der Waals surface area contributed by atoms with E-state index in [1.807, 2.05) is 0 Å². The Hall–Kier alpha value is -0.570. The standard InChI is InChI=1S/C10H18N2O/c13-10-5-3-7-12(10)9-4-1-2-6-11-8-9/h9,11H,1-8H2. The Kier molecular flexibility index (Phi) is 2.83. The first-order valence-electron chi connectivity index (χ1n) is 5.38. The fraction of sp³-hybridized carbons (Fsp3) is 0.900. The Morgan fingerprint density at radius 2 is 2.23 bits per heavy atom. The van der Waals surface area contributed by atoms with E-state index in [4.69, 9.17) is 0 Å². The summed E-state index contributed by atoms with van der Waals surface area (Å²) in [5, 5.41) is 3.40. The van der Waals surface area contributed by atoms with Crippen molar-refractivity contribution in [1.82, 2.24) is 10.2 Å². The third kappa shape index (κ3) is 2.02. The number of hydrogen-bond acceptors (Lipinski definition) is 2. The van der Waals surface area contributed by atoms with Crippen LogP contribution in [0.2, 0.25) is 0 Å². The second-order valence-electron chi connectivity index (χ2n) is 4.04. The number of nitrogens with one attached hydrogen (secondary N) is 1. The third-order valence-corrected chi connectivity index (χ3v) is 3.07. The molecule has 0 radical (unpaired) electrons. The van der Waals surface area contributed by atoms with E-state index >= 15 is 0 Å². The molecule has 1 atom stereocenters. The normalized spacial score (nSPS) is 30.6. The van der Waals surface area contributed by atoms with E-state index in [1.54, 1.807) is 0 Å². The molecule has 74 valence electrons. The minimum atomic E-state index is 0.369. The van der Waals surface area contributed by atoms with Crippen LogP contribution < -0.4 is 5.32 Å². The molecule has 2 saturated heterocycles. The van der Waals surface area contributed by atoms with Gasteiger partial charge in [0, 0.05) is 25.6 Å². The summed E-state index contributed by atoms with van der Waals surface area (Å²) in [4.78, 5) is 13.6. The highest BCUT2D eigenvalue weighted by atomic mass is 16.2. The molecule has 0 aliphatic carbocycles. The zero-order valence-corrected chi connectivity index (χ0v) is 8.09. The third-order valence-electron chi connectivity index (χ3n) is 3.07. The van der Waals surface area contributed by atoms with Gasteiger partial charge in [-0.05, 0) is 25.8 Å². The summed E-state index contributed by atoms with van der Waals surface area (Å²) in [5.74, 6) is 0.369. The van der Waals surface area contributed by atoms with Gasteiger partial charge in [-0.25, -0.2) is 0 Å². The molecule has 1 unspecified atom stereocenters. The lowest BCUT2D eigenvalue weighted by atomic mass is 10.1. The molecule has 2 aliphatic heterocycles. The van der Waals surface area contributed by atoms with Crippen molar-refractivity contribution in [3.63, 3.8) is 0 Å². The van der Waals surface area contributed by atoms with E-state index in [-0.39, 0.29) is 0 Å². The molecule has 1 N–H and O–H groups in total. The van der Waals surface area contributed by atoms with E-state index in [0.717, 1.165) is 32.5 Å². The van der Waals surface area contributed by atoms with Crippen molar-refractivity contribution in [1.29, 1.82) is 0 Å². The average molecular weight is 182 g/mol. The van der Waals surface area contributed by atoms with Crippen LogP contribution in [0.25, 0.3) is 0 Å². The number of nitrogens with zero attached hydrogens (tertiary/aromatic N) is 1. The molecule has 0 aromatic carbocycles. The van der Waals surface area contributed by atoms with Crippen molar-refractivity contribution in [2.24, 2.45) is 0 Å². The largest absolute Gasteiger partial charge is 0.338 e. The lowest BCUT2D eigenvalue weighted by Gasteiger charge is -2.26. The number of rotatable bonds is 1. The van der Waals surface area contributed by atoms with Gasteiger partial charge in [-0.2, -0.15) is 0 Å². The maximum Gasteiger partial charge on any atom is 0.222 e. The fourth-order valence-corrected chi connectivity index (χ4v) is 2.32. The van der Waals surface area contributed by atoms with Crippen LogP contribution >= 0.6 is 0 Å². The lowest BCUT2D eigenvalue weighted by molar-refractivity contribution is -0.129. The van der Waals surface area contributed by atoms with Gasteiger partial charge in [0.05, 0.1) is 0 Å². The monoisotopic (exact) mass is 182 g/mol. The molecule has 0 bridgehead atoms. The zero-order chi connectivity index (χ0) is 9.10. The smallest absolute Gasteiger partial charge is 0.222 e. The molecule has 0 aromatic heterocycles. The van der Waals surface area contributed by atoms with Crippen molar-refractivity contribution >= 4 is 5.91 Å². The first-order chi connectivity index (χ1) is 6.38. The minimum absolute atomic E-state index is 0.369. The minimum Gasteiger partial charge on any atom is -0.338 e. The van der Waals surface area contributed by atoms with Crippen molar-refractivity contribution in [2.75, 3.05) is 19.6 Å².